The first-order valence-electron chi connectivity index (χ1n) is 5.35. The van der Waals surface area contributed by atoms with Crippen LogP contribution in [0.2, 0.25) is 5.02 Å². The lowest BCUT2D eigenvalue weighted by Crippen LogP contribution is -2.13. The van der Waals surface area contributed by atoms with Crippen LogP contribution < -0.4 is 5.73 Å². The van der Waals surface area contributed by atoms with E-state index in [9.17, 15) is 0 Å². The Labute approximate surface area is 115 Å². The summed E-state index contributed by atoms with van der Waals surface area (Å²) in [6.07, 6.45) is 0. The summed E-state index contributed by atoms with van der Waals surface area (Å²) >= 11 is 9.39. The van der Waals surface area contributed by atoms with Crippen molar-refractivity contribution in [1.29, 1.82) is 0 Å². The lowest BCUT2D eigenvalue weighted by Gasteiger charge is -2.15. The molecule has 17 heavy (non-hydrogen) atoms. The molecular formula is C14H13BrClN. The molecule has 0 amide bonds. The van der Waals surface area contributed by atoms with Crippen LogP contribution in [0, 0.1) is 6.92 Å². The van der Waals surface area contributed by atoms with Crippen molar-refractivity contribution in [1.82, 2.24) is 0 Å². The van der Waals surface area contributed by atoms with Crippen molar-refractivity contribution >= 4 is 27.5 Å². The quantitative estimate of drug-likeness (QED) is 0.871. The number of aryl methyl sites for hydroxylation is 1. The number of hydrogen-bond acceptors (Lipinski definition) is 1. The zero-order chi connectivity index (χ0) is 12.4. The Balaban J connectivity index is 2.40. The molecule has 0 aliphatic carbocycles. The van der Waals surface area contributed by atoms with Crippen LogP contribution in [0.3, 0.4) is 0 Å². The summed E-state index contributed by atoms with van der Waals surface area (Å²) in [7, 11) is 0. The molecule has 1 nitrogen and oxygen atoms in total. The summed E-state index contributed by atoms with van der Waals surface area (Å²) in [5.74, 6) is 0. The van der Waals surface area contributed by atoms with E-state index in [2.05, 4.69) is 35.0 Å². The van der Waals surface area contributed by atoms with E-state index < -0.39 is 0 Å². The number of benzene rings is 2. The van der Waals surface area contributed by atoms with Gasteiger partial charge in [0.1, 0.15) is 0 Å². The van der Waals surface area contributed by atoms with Gasteiger partial charge in [-0.25, -0.2) is 0 Å². The molecule has 3 heteroatoms. The Hall–Kier alpha value is -0.830. The van der Waals surface area contributed by atoms with E-state index in [1.165, 1.54) is 5.56 Å². The fourth-order valence-corrected chi connectivity index (χ4v) is 2.34. The SMILES string of the molecule is Cc1ccccc1C(N)c1ccc(Cl)c(Br)c1. The van der Waals surface area contributed by atoms with Crippen LogP contribution in [0.15, 0.2) is 46.9 Å². The molecule has 2 aromatic rings. The molecule has 0 aliphatic rings. The molecule has 2 aromatic carbocycles. The minimum absolute atomic E-state index is 0.121. The van der Waals surface area contributed by atoms with Crippen LogP contribution in [0.1, 0.15) is 22.7 Å². The van der Waals surface area contributed by atoms with Crippen LogP contribution in [0.4, 0.5) is 0 Å². The van der Waals surface area contributed by atoms with Gasteiger partial charge >= 0.3 is 0 Å². The molecule has 0 saturated carbocycles. The minimum Gasteiger partial charge on any atom is -0.320 e. The molecule has 0 aliphatic heterocycles. The standard InChI is InChI=1S/C14H13BrClN/c1-9-4-2-3-5-11(9)14(17)10-6-7-13(16)12(15)8-10/h2-8,14H,17H2,1H3. The van der Waals surface area contributed by atoms with E-state index in [1.54, 1.807) is 0 Å². The molecule has 0 spiro atoms. The lowest BCUT2D eigenvalue weighted by atomic mass is 9.96. The van der Waals surface area contributed by atoms with Gasteiger partial charge in [0.25, 0.3) is 0 Å². The van der Waals surface area contributed by atoms with Gasteiger partial charge in [-0.05, 0) is 51.7 Å². The molecule has 0 radical (unpaired) electrons. The molecule has 1 atom stereocenters. The van der Waals surface area contributed by atoms with Crippen molar-refractivity contribution < 1.29 is 0 Å². The lowest BCUT2D eigenvalue weighted by molar-refractivity contribution is 0.861. The van der Waals surface area contributed by atoms with Crippen molar-refractivity contribution in [2.24, 2.45) is 5.73 Å². The summed E-state index contributed by atoms with van der Waals surface area (Å²) in [6, 6.07) is 13.8. The largest absolute Gasteiger partial charge is 0.320 e. The van der Waals surface area contributed by atoms with Gasteiger partial charge in [0, 0.05) is 4.47 Å². The predicted octanol–water partition coefficient (Wildman–Crippen LogP) is 4.46. The van der Waals surface area contributed by atoms with Gasteiger partial charge in [0.2, 0.25) is 0 Å². The first kappa shape index (κ1) is 12.6. The van der Waals surface area contributed by atoms with E-state index in [-0.39, 0.29) is 6.04 Å². The van der Waals surface area contributed by atoms with Gasteiger partial charge in [0.05, 0.1) is 11.1 Å². The number of nitrogens with two attached hydrogens (primary N) is 1. The summed E-state index contributed by atoms with van der Waals surface area (Å²) in [4.78, 5) is 0. The van der Waals surface area contributed by atoms with Gasteiger partial charge in [0.15, 0.2) is 0 Å². The summed E-state index contributed by atoms with van der Waals surface area (Å²) in [5, 5.41) is 0.700. The molecule has 0 saturated heterocycles. The highest BCUT2D eigenvalue weighted by Crippen LogP contribution is 2.28. The normalized spacial score (nSPS) is 12.5. The summed E-state index contributed by atoms with van der Waals surface area (Å²) in [6.45, 7) is 2.07. The topological polar surface area (TPSA) is 26.0 Å². The van der Waals surface area contributed by atoms with Gasteiger partial charge in [-0.3, -0.25) is 0 Å². The fourth-order valence-electron chi connectivity index (χ4n) is 1.82. The van der Waals surface area contributed by atoms with Crippen LogP contribution >= 0.6 is 27.5 Å². The van der Waals surface area contributed by atoms with Crippen LogP contribution in [-0.4, -0.2) is 0 Å². The molecular weight excluding hydrogens is 298 g/mol. The maximum atomic E-state index is 6.27. The Morgan fingerprint density at radius 1 is 1.18 bits per heavy atom. The third-order valence-corrected chi connectivity index (χ3v) is 4.04. The number of rotatable bonds is 2. The summed E-state index contributed by atoms with van der Waals surface area (Å²) in [5.41, 5.74) is 9.66. The average molecular weight is 311 g/mol. The minimum atomic E-state index is -0.121. The molecule has 2 rings (SSSR count). The fraction of sp³-hybridized carbons (Fsp3) is 0.143. The first-order chi connectivity index (χ1) is 8.09. The van der Waals surface area contributed by atoms with Crippen molar-refractivity contribution in [2.45, 2.75) is 13.0 Å². The van der Waals surface area contributed by atoms with Gasteiger partial charge in [-0.1, -0.05) is 41.9 Å². The Morgan fingerprint density at radius 3 is 2.53 bits per heavy atom. The van der Waals surface area contributed by atoms with Crippen molar-refractivity contribution in [3.8, 4) is 0 Å². The molecule has 88 valence electrons. The zero-order valence-electron chi connectivity index (χ0n) is 9.45. The van der Waals surface area contributed by atoms with Gasteiger partial charge < -0.3 is 5.73 Å². The third-order valence-electron chi connectivity index (χ3n) is 2.83. The number of halogens is 2. The number of hydrogen-bond donors (Lipinski definition) is 1. The zero-order valence-corrected chi connectivity index (χ0v) is 11.8. The maximum Gasteiger partial charge on any atom is 0.0554 e. The molecule has 0 fully saturated rings. The van der Waals surface area contributed by atoms with Gasteiger partial charge in [-0.15, -0.1) is 0 Å². The third kappa shape index (κ3) is 2.71. The van der Waals surface area contributed by atoms with Crippen molar-refractivity contribution in [3.05, 3.63) is 68.7 Å². The van der Waals surface area contributed by atoms with Crippen molar-refractivity contribution in [2.75, 3.05) is 0 Å². The monoisotopic (exact) mass is 309 g/mol. The highest BCUT2D eigenvalue weighted by molar-refractivity contribution is 9.10. The Morgan fingerprint density at radius 2 is 1.88 bits per heavy atom. The molecule has 0 aromatic heterocycles. The molecule has 2 N–H and O–H groups in total. The van der Waals surface area contributed by atoms with Crippen LogP contribution in [0.5, 0.6) is 0 Å². The molecule has 0 heterocycles. The Kier molecular flexibility index (Phi) is 3.87. The van der Waals surface area contributed by atoms with Crippen LogP contribution in [-0.2, 0) is 0 Å². The maximum absolute atomic E-state index is 6.27. The van der Waals surface area contributed by atoms with E-state index in [0.717, 1.165) is 15.6 Å². The van der Waals surface area contributed by atoms with E-state index in [4.69, 9.17) is 17.3 Å². The van der Waals surface area contributed by atoms with Gasteiger partial charge in [-0.2, -0.15) is 0 Å². The second-order valence-electron chi connectivity index (χ2n) is 4.01. The van der Waals surface area contributed by atoms with Crippen LogP contribution in [0.25, 0.3) is 0 Å². The second-order valence-corrected chi connectivity index (χ2v) is 5.27. The Bertz CT molecular complexity index is 539. The second kappa shape index (κ2) is 5.21. The van der Waals surface area contributed by atoms with E-state index >= 15 is 0 Å². The summed E-state index contributed by atoms with van der Waals surface area (Å²) < 4.78 is 0.876. The first-order valence-corrected chi connectivity index (χ1v) is 6.52. The molecule has 0 bridgehead atoms. The molecule has 1 unspecified atom stereocenters. The van der Waals surface area contributed by atoms with Crippen molar-refractivity contribution in [3.63, 3.8) is 0 Å². The van der Waals surface area contributed by atoms with E-state index in [0.29, 0.717) is 5.02 Å². The highest BCUT2D eigenvalue weighted by Gasteiger charge is 2.11. The predicted molar refractivity (Wildman–Crippen MR) is 76.4 cm³/mol. The smallest absolute Gasteiger partial charge is 0.0554 e. The average Bonchev–Trinajstić information content (AvgIpc) is 2.32. The highest BCUT2D eigenvalue weighted by atomic mass is 79.9. The van der Waals surface area contributed by atoms with E-state index in [1.807, 2.05) is 30.3 Å².